The molecule has 9 heteroatoms. The van der Waals surface area contributed by atoms with Crippen molar-refractivity contribution in [2.24, 2.45) is 0 Å². The zero-order valence-electron chi connectivity index (χ0n) is 20.4. The summed E-state index contributed by atoms with van der Waals surface area (Å²) in [5.41, 5.74) is 4.69. The van der Waals surface area contributed by atoms with Crippen molar-refractivity contribution in [3.8, 4) is 5.75 Å². The number of imidazole rings is 1. The minimum atomic E-state index is -0.515. The Labute approximate surface area is 204 Å². The number of anilines is 2. The van der Waals surface area contributed by atoms with Crippen LogP contribution >= 0.6 is 0 Å². The van der Waals surface area contributed by atoms with Gasteiger partial charge in [-0.25, -0.2) is 9.37 Å². The molecule has 1 saturated heterocycles. The van der Waals surface area contributed by atoms with Crippen LogP contribution in [0.15, 0.2) is 36.8 Å². The zero-order valence-corrected chi connectivity index (χ0v) is 20.4. The molecular weight excluding hydrogens is 447 g/mol. The maximum absolute atomic E-state index is 13.9. The lowest BCUT2D eigenvalue weighted by Gasteiger charge is -2.36. The Balaban J connectivity index is 1.51. The van der Waals surface area contributed by atoms with Gasteiger partial charge in [-0.1, -0.05) is 0 Å². The van der Waals surface area contributed by atoms with E-state index in [1.165, 1.54) is 25.6 Å². The highest BCUT2D eigenvalue weighted by Crippen LogP contribution is 2.36. The maximum atomic E-state index is 13.9. The fraction of sp³-hybridized carbons (Fsp3) is 0.423. The first-order valence-electron chi connectivity index (χ1n) is 12.1. The Kier molecular flexibility index (Phi) is 6.32. The molecule has 1 unspecified atom stereocenters. The van der Waals surface area contributed by atoms with Crippen molar-refractivity contribution in [1.29, 1.82) is 0 Å². The van der Waals surface area contributed by atoms with Crippen molar-refractivity contribution in [1.82, 2.24) is 19.4 Å². The third kappa shape index (κ3) is 4.31. The van der Waals surface area contributed by atoms with E-state index in [9.17, 15) is 9.18 Å². The van der Waals surface area contributed by atoms with Crippen molar-refractivity contribution in [3.63, 3.8) is 0 Å². The highest BCUT2D eigenvalue weighted by Gasteiger charge is 2.33. The number of hydrogen-bond acceptors (Lipinski definition) is 6. The molecule has 2 aromatic heterocycles. The number of hydrogen-bond donors (Lipinski definition) is 1. The van der Waals surface area contributed by atoms with Gasteiger partial charge in [0.25, 0.3) is 5.91 Å². The van der Waals surface area contributed by atoms with Gasteiger partial charge >= 0.3 is 0 Å². The van der Waals surface area contributed by atoms with Gasteiger partial charge in [0.2, 0.25) is 5.95 Å². The molecule has 5 rings (SSSR count). The second-order valence-electron chi connectivity index (χ2n) is 9.13. The Hall–Kier alpha value is -3.62. The van der Waals surface area contributed by atoms with Crippen LogP contribution in [0.4, 0.5) is 16.0 Å². The number of aromatic nitrogens is 3. The van der Waals surface area contributed by atoms with Crippen molar-refractivity contribution >= 4 is 17.5 Å². The molecule has 2 aliphatic heterocycles. The van der Waals surface area contributed by atoms with E-state index in [-0.39, 0.29) is 17.7 Å². The van der Waals surface area contributed by atoms with Gasteiger partial charge in [-0.2, -0.15) is 0 Å². The van der Waals surface area contributed by atoms with Crippen molar-refractivity contribution in [2.45, 2.75) is 38.8 Å². The second-order valence-corrected chi connectivity index (χ2v) is 9.13. The van der Waals surface area contributed by atoms with Gasteiger partial charge in [-0.3, -0.25) is 9.78 Å². The lowest BCUT2D eigenvalue weighted by atomic mass is 9.92. The van der Waals surface area contributed by atoms with Crippen LogP contribution in [0.1, 0.15) is 53.0 Å². The van der Waals surface area contributed by atoms with Crippen LogP contribution in [0.25, 0.3) is 0 Å². The predicted molar refractivity (Wildman–Crippen MR) is 133 cm³/mol. The van der Waals surface area contributed by atoms with Crippen LogP contribution in [-0.2, 0) is 13.0 Å². The second kappa shape index (κ2) is 9.56. The van der Waals surface area contributed by atoms with Gasteiger partial charge in [0, 0.05) is 56.4 Å². The van der Waals surface area contributed by atoms with E-state index in [1.54, 1.807) is 12.3 Å². The molecule has 0 saturated carbocycles. The summed E-state index contributed by atoms with van der Waals surface area (Å²) in [5, 5.41) is 3.11. The standard InChI is InChI=1S/C26H31FN6O2/c1-17(22-14-24(35-3)21(27)15-30-22)33-10-6-19-20(25(33)34)12-18(13-23(19)31-8-4-5-9-31)16-32-11-7-29-26(32)28-2/h7,11-15,17H,4-6,8-10,16H2,1-3H3,(H,28,29). The number of rotatable bonds is 7. The number of benzene rings is 1. The summed E-state index contributed by atoms with van der Waals surface area (Å²) in [5.74, 6) is 0.374. The minimum absolute atomic E-state index is 0.0226. The first kappa shape index (κ1) is 23.1. The number of carbonyl (C=O) groups is 1. The summed E-state index contributed by atoms with van der Waals surface area (Å²) in [6, 6.07) is 5.53. The summed E-state index contributed by atoms with van der Waals surface area (Å²) in [6.45, 7) is 5.15. The van der Waals surface area contributed by atoms with Crippen LogP contribution in [0.5, 0.6) is 5.75 Å². The summed E-state index contributed by atoms with van der Waals surface area (Å²) in [7, 11) is 3.28. The Morgan fingerprint density at radius 3 is 2.71 bits per heavy atom. The molecule has 184 valence electrons. The number of methoxy groups -OCH3 is 1. The monoisotopic (exact) mass is 478 g/mol. The molecule has 1 aromatic carbocycles. The molecule has 8 nitrogen and oxygen atoms in total. The van der Waals surface area contributed by atoms with Gasteiger partial charge in [-0.05, 0) is 49.4 Å². The molecule has 1 atom stereocenters. The number of pyridine rings is 1. The van der Waals surface area contributed by atoms with Gasteiger partial charge in [0.1, 0.15) is 0 Å². The van der Waals surface area contributed by atoms with E-state index in [2.05, 4.69) is 26.3 Å². The molecule has 0 bridgehead atoms. The fourth-order valence-electron chi connectivity index (χ4n) is 5.20. The molecule has 35 heavy (non-hydrogen) atoms. The number of halogens is 1. The van der Waals surface area contributed by atoms with E-state index in [0.717, 1.165) is 48.3 Å². The van der Waals surface area contributed by atoms with Gasteiger partial charge in [-0.15, -0.1) is 0 Å². The van der Waals surface area contributed by atoms with Gasteiger partial charge in [0.05, 0.1) is 31.6 Å². The molecule has 0 aliphatic carbocycles. The van der Waals surface area contributed by atoms with Crippen molar-refractivity contribution in [3.05, 3.63) is 65.0 Å². The van der Waals surface area contributed by atoms with Crippen molar-refractivity contribution < 1.29 is 13.9 Å². The minimum Gasteiger partial charge on any atom is -0.494 e. The van der Waals surface area contributed by atoms with E-state index >= 15 is 0 Å². The number of ether oxygens (including phenoxy) is 1. The quantitative estimate of drug-likeness (QED) is 0.556. The number of nitrogens with one attached hydrogen (secondary N) is 1. The first-order valence-corrected chi connectivity index (χ1v) is 12.1. The van der Waals surface area contributed by atoms with Gasteiger partial charge in [0.15, 0.2) is 11.6 Å². The molecule has 0 radical (unpaired) electrons. The molecule has 3 aromatic rings. The van der Waals surface area contributed by atoms with Crippen LogP contribution in [0.3, 0.4) is 0 Å². The maximum Gasteiger partial charge on any atom is 0.254 e. The van der Waals surface area contributed by atoms with E-state index < -0.39 is 5.82 Å². The van der Waals surface area contributed by atoms with Crippen LogP contribution < -0.4 is 15.0 Å². The molecule has 1 N–H and O–H groups in total. The fourth-order valence-corrected chi connectivity index (χ4v) is 5.20. The molecule has 4 heterocycles. The largest absolute Gasteiger partial charge is 0.494 e. The molecule has 2 aliphatic rings. The third-order valence-electron chi connectivity index (χ3n) is 7.08. The Bertz CT molecular complexity index is 1240. The highest BCUT2D eigenvalue weighted by atomic mass is 19.1. The lowest BCUT2D eigenvalue weighted by molar-refractivity contribution is 0.0669. The molecule has 1 amide bonds. The van der Waals surface area contributed by atoms with Crippen LogP contribution in [-0.4, -0.2) is 59.1 Å². The van der Waals surface area contributed by atoms with Gasteiger partial charge < -0.3 is 24.4 Å². The van der Waals surface area contributed by atoms with E-state index in [4.69, 9.17) is 4.74 Å². The topological polar surface area (TPSA) is 75.5 Å². The Morgan fingerprint density at radius 1 is 1.17 bits per heavy atom. The normalized spacial score (nSPS) is 16.4. The lowest BCUT2D eigenvalue weighted by Crippen LogP contribution is -2.40. The number of fused-ring (bicyclic) bond motifs is 1. The number of amides is 1. The third-order valence-corrected chi connectivity index (χ3v) is 7.08. The zero-order chi connectivity index (χ0) is 24.5. The number of carbonyl (C=O) groups excluding carboxylic acids is 1. The summed E-state index contributed by atoms with van der Waals surface area (Å²) in [6.07, 6.45) is 7.96. The van der Waals surface area contributed by atoms with E-state index in [0.29, 0.717) is 18.8 Å². The SMILES string of the molecule is CNc1nccn1Cc1cc2c(c(N3CCCC3)c1)CCN(C(C)c1cc(OC)c(F)cn1)C2=O. The Morgan fingerprint density at radius 2 is 1.97 bits per heavy atom. The van der Waals surface area contributed by atoms with Crippen LogP contribution in [0.2, 0.25) is 0 Å². The highest BCUT2D eigenvalue weighted by molar-refractivity contribution is 5.99. The molecule has 0 spiro atoms. The smallest absolute Gasteiger partial charge is 0.254 e. The molecule has 1 fully saturated rings. The summed E-state index contributed by atoms with van der Waals surface area (Å²) < 4.78 is 21.1. The average Bonchev–Trinajstić information content (AvgIpc) is 3.56. The molecular formula is C26H31FN6O2. The predicted octanol–water partition coefficient (Wildman–Crippen LogP) is 3.88. The summed E-state index contributed by atoms with van der Waals surface area (Å²) >= 11 is 0. The average molecular weight is 479 g/mol. The van der Waals surface area contributed by atoms with E-state index in [1.807, 2.05) is 35.7 Å². The first-order chi connectivity index (χ1) is 17.0. The van der Waals surface area contributed by atoms with Crippen LogP contribution in [0, 0.1) is 5.82 Å². The summed E-state index contributed by atoms with van der Waals surface area (Å²) in [4.78, 5) is 26.7. The number of nitrogens with zero attached hydrogens (tertiary/aromatic N) is 5. The van der Waals surface area contributed by atoms with Crippen molar-refractivity contribution in [2.75, 3.05) is 44.0 Å².